The van der Waals surface area contributed by atoms with Gasteiger partial charge in [-0.2, -0.15) is 0 Å². The summed E-state index contributed by atoms with van der Waals surface area (Å²) in [6, 6.07) is 5.51. The van der Waals surface area contributed by atoms with E-state index in [1.54, 1.807) is 31.6 Å². The molecule has 2 saturated heterocycles. The molecule has 0 bridgehead atoms. The summed E-state index contributed by atoms with van der Waals surface area (Å²) in [7, 11) is 3.07. The van der Waals surface area contributed by atoms with Crippen LogP contribution in [0, 0.1) is 11.8 Å². The van der Waals surface area contributed by atoms with E-state index in [-0.39, 0.29) is 30.9 Å². The van der Waals surface area contributed by atoms with Crippen molar-refractivity contribution in [2.24, 2.45) is 16.8 Å². The molecule has 2 aromatic rings. The molecule has 0 spiro atoms. The molecule has 0 saturated carbocycles. The summed E-state index contributed by atoms with van der Waals surface area (Å²) in [6.45, 7) is 4.37. The van der Waals surface area contributed by atoms with E-state index in [4.69, 9.17) is 14.2 Å². The number of hydrogen-bond donors (Lipinski definition) is 2. The van der Waals surface area contributed by atoms with Crippen molar-refractivity contribution in [2.45, 2.75) is 12.6 Å². The summed E-state index contributed by atoms with van der Waals surface area (Å²) in [4.78, 5) is 38.5. The van der Waals surface area contributed by atoms with Crippen LogP contribution in [0.3, 0.4) is 0 Å². The number of nitrogens with one attached hydrogen (secondary N) is 2. The van der Waals surface area contributed by atoms with Gasteiger partial charge in [-0.15, -0.1) is 0 Å². The van der Waals surface area contributed by atoms with Crippen LogP contribution in [0.25, 0.3) is 0 Å². The van der Waals surface area contributed by atoms with Gasteiger partial charge in [0, 0.05) is 37.9 Å². The van der Waals surface area contributed by atoms with Gasteiger partial charge in [0.25, 0.3) is 17.8 Å². The molecule has 3 unspecified atom stereocenters. The zero-order valence-electron chi connectivity index (χ0n) is 20.2. The fraction of sp³-hybridized carbons (Fsp3) is 0.440. The Morgan fingerprint density at radius 3 is 2.67 bits per heavy atom. The van der Waals surface area contributed by atoms with E-state index >= 15 is 0 Å². The Morgan fingerprint density at radius 2 is 1.92 bits per heavy atom. The van der Waals surface area contributed by atoms with Crippen molar-refractivity contribution in [3.63, 3.8) is 0 Å². The van der Waals surface area contributed by atoms with Gasteiger partial charge in [0.1, 0.15) is 0 Å². The summed E-state index contributed by atoms with van der Waals surface area (Å²) >= 11 is 0. The van der Waals surface area contributed by atoms with Gasteiger partial charge in [0.15, 0.2) is 17.6 Å². The van der Waals surface area contributed by atoms with Gasteiger partial charge in [0.2, 0.25) is 0 Å². The maximum Gasteiger partial charge on any atom is 0.295 e. The van der Waals surface area contributed by atoms with E-state index in [1.807, 2.05) is 6.07 Å². The highest BCUT2D eigenvalue weighted by molar-refractivity contribution is 6.09. The number of pyridine rings is 1. The molecule has 2 fully saturated rings. The van der Waals surface area contributed by atoms with Crippen LogP contribution in [0.15, 0.2) is 35.6 Å². The van der Waals surface area contributed by atoms with Crippen LogP contribution in [0.2, 0.25) is 0 Å². The number of methoxy groups -OCH3 is 2. The number of hydrogen-bond acceptors (Lipinski definition) is 9. The normalized spacial score (nSPS) is 24.3. The molecule has 6 rings (SSSR count). The number of amidine groups is 1. The van der Waals surface area contributed by atoms with Crippen LogP contribution in [0.1, 0.15) is 15.9 Å². The fourth-order valence-corrected chi connectivity index (χ4v) is 5.47. The molecular formula is C25H28N6O5. The van der Waals surface area contributed by atoms with E-state index in [0.717, 1.165) is 37.4 Å². The van der Waals surface area contributed by atoms with Gasteiger partial charge >= 0.3 is 0 Å². The maximum atomic E-state index is 13.1. The molecule has 11 nitrogen and oxygen atoms in total. The van der Waals surface area contributed by atoms with Gasteiger partial charge in [-0.25, -0.2) is 4.99 Å². The number of amides is 2. The first kappa shape index (κ1) is 22.6. The van der Waals surface area contributed by atoms with Crippen molar-refractivity contribution >= 4 is 29.2 Å². The Bertz CT molecular complexity index is 1240. The third kappa shape index (κ3) is 3.79. The Labute approximate surface area is 208 Å². The van der Waals surface area contributed by atoms with E-state index in [9.17, 15) is 9.59 Å². The third-order valence-electron chi connectivity index (χ3n) is 7.36. The van der Waals surface area contributed by atoms with Gasteiger partial charge in [0.05, 0.1) is 44.9 Å². The predicted molar refractivity (Wildman–Crippen MR) is 132 cm³/mol. The Hall–Kier alpha value is -3.86. The standard InChI is InChI=1S/C25H28N6O5/c1-34-20-5-14-13-31(24(33)17(14)6-21(20)35-2)25-28-10-22(36-25)23(32)29-18-9-26-4-3-19(18)30-11-15-7-27-8-16(15)12-30/h3-6,9,15-16,22,27H,7-8,10-13H2,1-2H3,(H,29,32). The zero-order valence-corrected chi connectivity index (χ0v) is 20.2. The number of carbonyl (C=O) groups excluding carboxylic acids is 2. The van der Waals surface area contributed by atoms with Crippen molar-refractivity contribution in [3.05, 3.63) is 41.7 Å². The molecule has 0 aliphatic carbocycles. The van der Waals surface area contributed by atoms with Gasteiger partial charge in [-0.05, 0) is 35.6 Å². The van der Waals surface area contributed by atoms with E-state index in [1.165, 1.54) is 12.0 Å². The number of aromatic nitrogens is 1. The lowest BCUT2D eigenvalue weighted by Crippen LogP contribution is -2.36. The molecule has 2 amide bonds. The monoisotopic (exact) mass is 492 g/mol. The number of benzene rings is 1. The van der Waals surface area contributed by atoms with Crippen molar-refractivity contribution in [1.29, 1.82) is 0 Å². The number of ether oxygens (including phenoxy) is 3. The summed E-state index contributed by atoms with van der Waals surface area (Å²) in [5.41, 5.74) is 2.89. The molecule has 2 N–H and O–H groups in total. The second-order valence-electron chi connectivity index (χ2n) is 9.45. The number of rotatable bonds is 5. The Kier molecular flexibility index (Phi) is 5.63. The second kappa shape index (κ2) is 8.98. The molecule has 188 valence electrons. The highest BCUT2D eigenvalue weighted by Crippen LogP contribution is 2.36. The summed E-state index contributed by atoms with van der Waals surface area (Å²) in [6.07, 6.45) is 2.57. The van der Waals surface area contributed by atoms with Crippen LogP contribution in [-0.2, 0) is 16.1 Å². The molecule has 5 heterocycles. The van der Waals surface area contributed by atoms with E-state index < -0.39 is 6.10 Å². The van der Waals surface area contributed by atoms with Crippen molar-refractivity contribution in [3.8, 4) is 11.5 Å². The summed E-state index contributed by atoms with van der Waals surface area (Å²) in [5.74, 6) is 1.69. The minimum atomic E-state index is -0.837. The molecule has 3 atom stereocenters. The number of nitrogens with zero attached hydrogens (tertiary/aromatic N) is 4. The topological polar surface area (TPSA) is 118 Å². The van der Waals surface area contributed by atoms with Gasteiger partial charge in [-0.1, -0.05) is 0 Å². The SMILES string of the molecule is COc1cc2c(cc1OC)C(=O)N(C1=NCC(C(=O)Nc3cnccc3N3CC4CNCC4C3)O1)C2. The minimum Gasteiger partial charge on any atom is -0.493 e. The zero-order chi connectivity index (χ0) is 24.8. The smallest absolute Gasteiger partial charge is 0.295 e. The quantitative estimate of drug-likeness (QED) is 0.637. The van der Waals surface area contributed by atoms with Crippen LogP contribution >= 0.6 is 0 Å². The highest BCUT2D eigenvalue weighted by Gasteiger charge is 2.39. The number of anilines is 2. The molecule has 11 heteroatoms. The van der Waals surface area contributed by atoms with Crippen molar-refractivity contribution in [2.75, 3.05) is 57.2 Å². The lowest BCUT2D eigenvalue weighted by molar-refractivity contribution is -0.122. The second-order valence-corrected chi connectivity index (χ2v) is 9.45. The maximum absolute atomic E-state index is 13.1. The molecular weight excluding hydrogens is 464 g/mol. The van der Waals surface area contributed by atoms with E-state index in [2.05, 4.69) is 25.5 Å². The molecule has 36 heavy (non-hydrogen) atoms. The lowest BCUT2D eigenvalue weighted by atomic mass is 10.0. The molecule has 1 aromatic carbocycles. The van der Waals surface area contributed by atoms with E-state index in [0.29, 0.717) is 34.6 Å². The third-order valence-corrected chi connectivity index (χ3v) is 7.36. The highest BCUT2D eigenvalue weighted by atomic mass is 16.5. The van der Waals surface area contributed by atoms with Gasteiger partial charge < -0.3 is 29.7 Å². The average molecular weight is 493 g/mol. The minimum absolute atomic E-state index is 0.128. The number of carbonyl (C=O) groups is 2. The van der Waals surface area contributed by atoms with Gasteiger partial charge in [-0.3, -0.25) is 19.5 Å². The Morgan fingerprint density at radius 1 is 1.17 bits per heavy atom. The summed E-state index contributed by atoms with van der Waals surface area (Å²) < 4.78 is 16.5. The largest absolute Gasteiger partial charge is 0.493 e. The number of aliphatic imine (C=N–C) groups is 1. The van der Waals surface area contributed by atoms with Crippen LogP contribution < -0.4 is 25.0 Å². The first-order valence-electron chi connectivity index (χ1n) is 12.0. The molecule has 4 aliphatic rings. The van der Waals surface area contributed by atoms with Crippen molar-refractivity contribution in [1.82, 2.24) is 15.2 Å². The lowest BCUT2D eigenvalue weighted by Gasteiger charge is -2.23. The fourth-order valence-electron chi connectivity index (χ4n) is 5.47. The Balaban J connectivity index is 1.12. The molecule has 4 aliphatic heterocycles. The summed E-state index contributed by atoms with van der Waals surface area (Å²) in [5, 5.41) is 6.42. The predicted octanol–water partition coefficient (Wildman–Crippen LogP) is 1.10. The van der Waals surface area contributed by atoms with Crippen molar-refractivity contribution < 1.29 is 23.8 Å². The molecule has 1 aromatic heterocycles. The van der Waals surface area contributed by atoms with Crippen LogP contribution in [0.5, 0.6) is 11.5 Å². The van der Waals surface area contributed by atoms with Crippen LogP contribution in [0.4, 0.5) is 11.4 Å². The van der Waals surface area contributed by atoms with Crippen LogP contribution in [-0.4, -0.2) is 80.8 Å². The average Bonchev–Trinajstić information content (AvgIpc) is 3.67. The first-order valence-corrected chi connectivity index (χ1v) is 12.0. The first-order chi connectivity index (χ1) is 17.6. The molecule has 0 radical (unpaired) electrons. The number of fused-ring (bicyclic) bond motifs is 2.